The van der Waals surface area contributed by atoms with Crippen LogP contribution in [0.3, 0.4) is 0 Å². The van der Waals surface area contributed by atoms with Crippen molar-refractivity contribution in [1.29, 1.82) is 0 Å². The molecule has 0 radical (unpaired) electrons. The smallest absolute Gasteiger partial charge is 0.354 e. The maximum Gasteiger partial charge on any atom is 0.354 e. The summed E-state index contributed by atoms with van der Waals surface area (Å²) < 4.78 is 1.42. The van der Waals surface area contributed by atoms with Gasteiger partial charge in [-0.1, -0.05) is 19.1 Å². The number of aromatic nitrogens is 2. The summed E-state index contributed by atoms with van der Waals surface area (Å²) in [5, 5.41) is 13.0. The minimum atomic E-state index is -0.975. The molecule has 0 saturated carbocycles. The topological polar surface area (TPSA) is 55.1 Å². The monoisotopic (exact) mass is 216 g/mol. The van der Waals surface area contributed by atoms with E-state index in [2.05, 4.69) is 12.0 Å². The van der Waals surface area contributed by atoms with Gasteiger partial charge in [0.2, 0.25) is 0 Å². The minimum absolute atomic E-state index is 0.171. The summed E-state index contributed by atoms with van der Waals surface area (Å²) >= 11 is 0. The number of rotatable bonds is 3. The molecule has 16 heavy (non-hydrogen) atoms. The number of carbonyl (C=O) groups is 1. The Kier molecular flexibility index (Phi) is 2.72. The minimum Gasteiger partial charge on any atom is -0.477 e. The van der Waals surface area contributed by atoms with E-state index in [0.29, 0.717) is 0 Å². The van der Waals surface area contributed by atoms with Crippen LogP contribution in [-0.2, 0) is 6.42 Å². The molecule has 4 heteroatoms. The quantitative estimate of drug-likeness (QED) is 0.855. The van der Waals surface area contributed by atoms with Crippen molar-refractivity contribution in [2.75, 3.05) is 0 Å². The van der Waals surface area contributed by atoms with Crippen molar-refractivity contribution in [2.24, 2.45) is 0 Å². The van der Waals surface area contributed by atoms with Crippen LogP contribution >= 0.6 is 0 Å². The first-order valence-electron chi connectivity index (χ1n) is 5.09. The highest BCUT2D eigenvalue weighted by Gasteiger charge is 2.10. The number of carboxylic acids is 1. The normalized spacial score (nSPS) is 10.3. The Bertz CT molecular complexity index is 500. The fourth-order valence-electron chi connectivity index (χ4n) is 1.54. The largest absolute Gasteiger partial charge is 0.477 e. The van der Waals surface area contributed by atoms with Crippen molar-refractivity contribution in [3.05, 3.63) is 47.8 Å². The Morgan fingerprint density at radius 1 is 1.31 bits per heavy atom. The molecule has 0 bridgehead atoms. The molecule has 2 rings (SSSR count). The summed E-state index contributed by atoms with van der Waals surface area (Å²) in [6.07, 6.45) is 2.45. The number of hydrogen-bond acceptors (Lipinski definition) is 2. The number of aromatic carboxylic acids is 1. The van der Waals surface area contributed by atoms with Crippen LogP contribution in [0.4, 0.5) is 0 Å². The standard InChI is InChI=1S/C12H12N2O2/c1-2-9-3-5-10(6-4-9)14-11(12(15)16)7-8-13-14/h3-8H,2H2,1H3,(H,15,16). The molecule has 82 valence electrons. The van der Waals surface area contributed by atoms with Gasteiger partial charge in [-0.25, -0.2) is 9.48 Å². The molecule has 1 N–H and O–H groups in total. The lowest BCUT2D eigenvalue weighted by molar-refractivity contribution is 0.0687. The van der Waals surface area contributed by atoms with E-state index in [0.717, 1.165) is 12.1 Å². The fraction of sp³-hybridized carbons (Fsp3) is 0.167. The molecule has 1 aromatic heterocycles. The predicted molar refractivity (Wildman–Crippen MR) is 59.9 cm³/mol. The van der Waals surface area contributed by atoms with Gasteiger partial charge < -0.3 is 5.11 Å². The molecule has 1 aromatic carbocycles. The third kappa shape index (κ3) is 1.82. The SMILES string of the molecule is CCc1ccc(-n2nccc2C(=O)O)cc1. The molecule has 0 spiro atoms. The van der Waals surface area contributed by atoms with Crippen LogP contribution in [0.15, 0.2) is 36.5 Å². The number of carboxylic acid groups (broad SMARTS) is 1. The number of benzene rings is 1. The van der Waals surface area contributed by atoms with Crippen LogP contribution in [0.25, 0.3) is 5.69 Å². The lowest BCUT2D eigenvalue weighted by Gasteiger charge is -2.05. The summed E-state index contributed by atoms with van der Waals surface area (Å²) in [5.41, 5.74) is 2.15. The highest BCUT2D eigenvalue weighted by atomic mass is 16.4. The second-order valence-corrected chi connectivity index (χ2v) is 3.45. The molecule has 0 amide bonds. The van der Waals surface area contributed by atoms with Crippen molar-refractivity contribution in [2.45, 2.75) is 13.3 Å². The predicted octanol–water partition coefficient (Wildman–Crippen LogP) is 2.13. The van der Waals surface area contributed by atoms with Crippen molar-refractivity contribution in [3.63, 3.8) is 0 Å². The highest BCUT2D eigenvalue weighted by molar-refractivity contribution is 5.86. The second-order valence-electron chi connectivity index (χ2n) is 3.45. The van der Waals surface area contributed by atoms with E-state index in [9.17, 15) is 4.79 Å². The Balaban J connectivity index is 2.42. The fourth-order valence-corrected chi connectivity index (χ4v) is 1.54. The van der Waals surface area contributed by atoms with E-state index in [1.165, 1.54) is 22.5 Å². The van der Waals surface area contributed by atoms with Gasteiger partial charge in [0.25, 0.3) is 0 Å². The second kappa shape index (κ2) is 4.18. The number of nitrogens with zero attached hydrogens (tertiary/aromatic N) is 2. The first-order valence-corrected chi connectivity index (χ1v) is 5.09. The summed E-state index contributed by atoms with van der Waals surface area (Å²) in [4.78, 5) is 10.9. The van der Waals surface area contributed by atoms with Crippen LogP contribution < -0.4 is 0 Å². The molecule has 0 atom stereocenters. The van der Waals surface area contributed by atoms with Gasteiger partial charge in [0.05, 0.1) is 11.9 Å². The maximum absolute atomic E-state index is 10.9. The van der Waals surface area contributed by atoms with E-state index < -0.39 is 5.97 Å². The average Bonchev–Trinajstić information content (AvgIpc) is 2.78. The van der Waals surface area contributed by atoms with Crippen molar-refractivity contribution in [3.8, 4) is 5.69 Å². The highest BCUT2D eigenvalue weighted by Crippen LogP contribution is 2.12. The van der Waals surface area contributed by atoms with Gasteiger partial charge in [-0.2, -0.15) is 5.10 Å². The molecule has 0 aliphatic rings. The van der Waals surface area contributed by atoms with Crippen LogP contribution in [0, 0.1) is 0 Å². The first kappa shape index (κ1) is 10.4. The van der Waals surface area contributed by atoms with E-state index in [4.69, 9.17) is 5.11 Å². The van der Waals surface area contributed by atoms with E-state index in [1.807, 2.05) is 24.3 Å². The molecule has 0 fully saturated rings. The van der Waals surface area contributed by atoms with Gasteiger partial charge in [0, 0.05) is 0 Å². The van der Waals surface area contributed by atoms with Gasteiger partial charge in [0.15, 0.2) is 5.69 Å². The zero-order chi connectivity index (χ0) is 11.5. The maximum atomic E-state index is 10.9. The van der Waals surface area contributed by atoms with Crippen LogP contribution in [0.5, 0.6) is 0 Å². The van der Waals surface area contributed by atoms with Gasteiger partial charge in [0.1, 0.15) is 0 Å². The number of hydrogen-bond donors (Lipinski definition) is 1. The van der Waals surface area contributed by atoms with E-state index in [1.54, 1.807) is 0 Å². The molecule has 0 aliphatic carbocycles. The summed E-state index contributed by atoms with van der Waals surface area (Å²) in [5.74, 6) is -0.975. The summed E-state index contributed by atoms with van der Waals surface area (Å²) in [6.45, 7) is 2.07. The molecule has 0 aliphatic heterocycles. The Morgan fingerprint density at radius 2 is 2.00 bits per heavy atom. The van der Waals surface area contributed by atoms with E-state index >= 15 is 0 Å². The Hall–Kier alpha value is -2.10. The van der Waals surface area contributed by atoms with Gasteiger partial charge >= 0.3 is 5.97 Å². The van der Waals surface area contributed by atoms with Crippen molar-refractivity contribution in [1.82, 2.24) is 9.78 Å². The molecule has 4 nitrogen and oxygen atoms in total. The zero-order valence-corrected chi connectivity index (χ0v) is 8.92. The molecule has 0 saturated heterocycles. The van der Waals surface area contributed by atoms with Gasteiger partial charge in [-0.15, -0.1) is 0 Å². The molecular formula is C12H12N2O2. The summed E-state index contributed by atoms with van der Waals surface area (Å²) in [7, 11) is 0. The Labute approximate surface area is 93.1 Å². The summed E-state index contributed by atoms with van der Waals surface area (Å²) in [6, 6.07) is 9.18. The van der Waals surface area contributed by atoms with Crippen LogP contribution in [0.1, 0.15) is 23.0 Å². The Morgan fingerprint density at radius 3 is 2.56 bits per heavy atom. The van der Waals surface area contributed by atoms with Gasteiger partial charge in [-0.3, -0.25) is 0 Å². The first-order chi connectivity index (χ1) is 7.72. The molecule has 2 aromatic rings. The van der Waals surface area contributed by atoms with Gasteiger partial charge in [-0.05, 0) is 30.2 Å². The average molecular weight is 216 g/mol. The molecular weight excluding hydrogens is 204 g/mol. The molecule has 0 unspecified atom stereocenters. The number of aryl methyl sites for hydroxylation is 1. The van der Waals surface area contributed by atoms with Crippen molar-refractivity contribution >= 4 is 5.97 Å². The van der Waals surface area contributed by atoms with E-state index in [-0.39, 0.29) is 5.69 Å². The third-order valence-electron chi connectivity index (χ3n) is 2.45. The van der Waals surface area contributed by atoms with Crippen LogP contribution in [0.2, 0.25) is 0 Å². The third-order valence-corrected chi connectivity index (χ3v) is 2.45. The lowest BCUT2D eigenvalue weighted by atomic mass is 10.1. The lowest BCUT2D eigenvalue weighted by Crippen LogP contribution is -2.07. The molecule has 1 heterocycles. The van der Waals surface area contributed by atoms with Crippen LogP contribution in [-0.4, -0.2) is 20.9 Å². The zero-order valence-electron chi connectivity index (χ0n) is 8.92. The van der Waals surface area contributed by atoms with Crippen molar-refractivity contribution < 1.29 is 9.90 Å².